The van der Waals surface area contributed by atoms with Crippen LogP contribution in [-0.4, -0.2) is 39.7 Å². The lowest BCUT2D eigenvalue weighted by molar-refractivity contribution is -0.173. The number of hydrogen-bond acceptors (Lipinski definition) is 4. The molecule has 0 saturated carbocycles. The Morgan fingerprint density at radius 1 is 1.40 bits per heavy atom. The number of hydrogen-bond donors (Lipinski definition) is 2. The maximum atomic E-state index is 11.6. The van der Waals surface area contributed by atoms with Gasteiger partial charge in [0.1, 0.15) is 19.0 Å². The van der Waals surface area contributed by atoms with Gasteiger partial charge >= 0.3 is 6.18 Å². The van der Waals surface area contributed by atoms with Crippen molar-refractivity contribution >= 4 is 0 Å². The number of halogens is 3. The number of aromatic nitrogens is 3. The van der Waals surface area contributed by atoms with E-state index < -0.39 is 12.8 Å². The molecule has 0 atom stereocenters. The van der Waals surface area contributed by atoms with Gasteiger partial charge in [-0.3, -0.25) is 5.10 Å². The number of H-pyrrole nitrogens is 1. The van der Waals surface area contributed by atoms with Gasteiger partial charge in [-0.2, -0.15) is 18.3 Å². The second-order valence-corrected chi connectivity index (χ2v) is 2.77. The smallest absolute Gasteiger partial charge is 0.388 e. The number of nitrogens with one attached hydrogen (secondary N) is 1. The summed E-state index contributed by atoms with van der Waals surface area (Å²) in [5.74, 6) is 0.599. The van der Waals surface area contributed by atoms with E-state index in [1.165, 1.54) is 0 Å². The maximum Gasteiger partial charge on any atom is 0.411 e. The highest BCUT2D eigenvalue weighted by atomic mass is 19.4. The van der Waals surface area contributed by atoms with Gasteiger partial charge in [-0.05, 0) is 0 Å². The minimum Gasteiger partial charge on any atom is -0.388 e. The van der Waals surface area contributed by atoms with Crippen LogP contribution in [0.1, 0.15) is 11.6 Å². The van der Waals surface area contributed by atoms with Crippen molar-refractivity contribution in [2.24, 2.45) is 0 Å². The molecule has 0 bridgehead atoms. The van der Waals surface area contributed by atoms with Crippen molar-refractivity contribution in [3.8, 4) is 0 Å². The predicted octanol–water partition coefficient (Wildman–Crippen LogP) is 0.418. The van der Waals surface area contributed by atoms with Gasteiger partial charge in [0, 0.05) is 6.42 Å². The van der Waals surface area contributed by atoms with E-state index in [1.54, 1.807) is 0 Å². The van der Waals surface area contributed by atoms with Crippen molar-refractivity contribution in [3.63, 3.8) is 0 Å². The third kappa shape index (κ3) is 4.75. The van der Waals surface area contributed by atoms with Crippen molar-refractivity contribution in [1.82, 2.24) is 15.2 Å². The minimum atomic E-state index is -4.31. The van der Waals surface area contributed by atoms with E-state index in [9.17, 15) is 13.2 Å². The van der Waals surface area contributed by atoms with Crippen molar-refractivity contribution < 1.29 is 23.0 Å². The number of rotatable bonds is 5. The lowest BCUT2D eigenvalue weighted by Crippen LogP contribution is -2.18. The highest BCUT2D eigenvalue weighted by Crippen LogP contribution is 2.14. The normalized spacial score (nSPS) is 12.0. The van der Waals surface area contributed by atoms with Gasteiger partial charge in [0.2, 0.25) is 0 Å². The zero-order chi connectivity index (χ0) is 11.3. The molecule has 8 heteroatoms. The van der Waals surface area contributed by atoms with Gasteiger partial charge in [-0.25, -0.2) is 4.98 Å². The van der Waals surface area contributed by atoms with E-state index in [-0.39, 0.29) is 25.5 Å². The molecule has 1 aromatic heterocycles. The third-order valence-electron chi connectivity index (χ3n) is 1.46. The monoisotopic (exact) mass is 225 g/mol. The molecule has 0 aliphatic heterocycles. The molecule has 0 unspecified atom stereocenters. The van der Waals surface area contributed by atoms with Gasteiger partial charge in [-0.1, -0.05) is 0 Å². The number of aliphatic hydroxyl groups excluding tert-OH is 1. The molecule has 0 saturated heterocycles. The molecule has 0 aliphatic carbocycles. The van der Waals surface area contributed by atoms with Gasteiger partial charge < -0.3 is 9.84 Å². The largest absolute Gasteiger partial charge is 0.411 e. The van der Waals surface area contributed by atoms with Crippen LogP contribution >= 0.6 is 0 Å². The maximum absolute atomic E-state index is 11.6. The molecule has 0 fully saturated rings. The fourth-order valence-corrected chi connectivity index (χ4v) is 0.869. The molecular formula is C7H10F3N3O2. The number of ether oxygens (including phenoxy) is 1. The summed E-state index contributed by atoms with van der Waals surface area (Å²) in [6.45, 7) is -1.66. The molecule has 0 radical (unpaired) electrons. The minimum absolute atomic E-state index is 0.109. The summed E-state index contributed by atoms with van der Waals surface area (Å²) in [5, 5.41) is 14.7. The Morgan fingerprint density at radius 3 is 2.67 bits per heavy atom. The van der Waals surface area contributed by atoms with Crippen molar-refractivity contribution in [1.29, 1.82) is 0 Å². The number of nitrogens with zero attached hydrogens (tertiary/aromatic N) is 2. The quantitative estimate of drug-likeness (QED) is 0.712. The predicted molar refractivity (Wildman–Crippen MR) is 42.9 cm³/mol. The van der Waals surface area contributed by atoms with E-state index in [2.05, 4.69) is 19.9 Å². The Hall–Kier alpha value is -1.15. The average Bonchev–Trinajstić information content (AvgIpc) is 2.59. The van der Waals surface area contributed by atoms with Crippen molar-refractivity contribution in [3.05, 3.63) is 11.6 Å². The molecule has 5 nitrogen and oxygen atoms in total. The lowest BCUT2D eigenvalue weighted by atomic mass is 10.4. The molecule has 1 rings (SSSR count). The van der Waals surface area contributed by atoms with Crippen LogP contribution in [0.25, 0.3) is 0 Å². The second-order valence-electron chi connectivity index (χ2n) is 2.77. The summed E-state index contributed by atoms with van der Waals surface area (Å²) >= 11 is 0. The van der Waals surface area contributed by atoms with E-state index in [1.807, 2.05) is 0 Å². The Bertz CT molecular complexity index is 300. The summed E-state index contributed by atoms with van der Waals surface area (Å²) in [6, 6.07) is 0. The molecular weight excluding hydrogens is 215 g/mol. The molecule has 0 aromatic carbocycles. The van der Waals surface area contributed by atoms with Crippen LogP contribution in [0, 0.1) is 0 Å². The molecule has 15 heavy (non-hydrogen) atoms. The molecule has 1 heterocycles. The topological polar surface area (TPSA) is 71.0 Å². The van der Waals surface area contributed by atoms with Gasteiger partial charge in [-0.15, -0.1) is 0 Å². The Labute approximate surface area is 83.3 Å². The number of aliphatic hydroxyl groups is 1. The van der Waals surface area contributed by atoms with Crippen LogP contribution in [-0.2, 0) is 17.8 Å². The van der Waals surface area contributed by atoms with E-state index >= 15 is 0 Å². The van der Waals surface area contributed by atoms with Crippen LogP contribution < -0.4 is 0 Å². The molecule has 0 aliphatic rings. The zero-order valence-corrected chi connectivity index (χ0v) is 7.71. The number of alkyl halides is 3. The SMILES string of the molecule is OCc1nc(CCOCC(F)(F)F)n[nH]1. The summed E-state index contributed by atoms with van der Waals surface area (Å²) < 4.78 is 39.3. The second kappa shape index (κ2) is 5.08. The highest BCUT2D eigenvalue weighted by Gasteiger charge is 2.27. The van der Waals surface area contributed by atoms with Crippen molar-refractivity contribution in [2.75, 3.05) is 13.2 Å². The lowest BCUT2D eigenvalue weighted by Gasteiger charge is -2.05. The van der Waals surface area contributed by atoms with Gasteiger partial charge in [0.05, 0.1) is 6.61 Å². The molecule has 2 N–H and O–H groups in total. The van der Waals surface area contributed by atoms with Gasteiger partial charge in [0.25, 0.3) is 0 Å². The van der Waals surface area contributed by atoms with Crippen LogP contribution in [0.3, 0.4) is 0 Å². The number of aromatic amines is 1. The van der Waals surface area contributed by atoms with Crippen LogP contribution in [0.15, 0.2) is 0 Å². The summed E-state index contributed by atoms with van der Waals surface area (Å²) in [5.41, 5.74) is 0. The molecule has 1 aromatic rings. The van der Waals surface area contributed by atoms with Crippen LogP contribution in [0.2, 0.25) is 0 Å². The molecule has 0 amide bonds. The highest BCUT2D eigenvalue weighted by molar-refractivity contribution is 4.88. The molecule has 0 spiro atoms. The Balaban J connectivity index is 2.20. The first-order valence-corrected chi connectivity index (χ1v) is 4.17. The fourth-order valence-electron chi connectivity index (χ4n) is 0.869. The van der Waals surface area contributed by atoms with Gasteiger partial charge in [0.15, 0.2) is 5.82 Å². The zero-order valence-electron chi connectivity index (χ0n) is 7.71. The van der Waals surface area contributed by atoms with E-state index in [0.717, 1.165) is 0 Å². The van der Waals surface area contributed by atoms with Crippen molar-refractivity contribution in [2.45, 2.75) is 19.2 Å². The summed E-state index contributed by atoms with van der Waals surface area (Å²) in [7, 11) is 0. The van der Waals surface area contributed by atoms with Crippen LogP contribution in [0.4, 0.5) is 13.2 Å². The third-order valence-corrected chi connectivity index (χ3v) is 1.46. The first kappa shape index (κ1) is 11.9. The first-order chi connectivity index (χ1) is 7.01. The first-order valence-electron chi connectivity index (χ1n) is 4.17. The van der Waals surface area contributed by atoms with E-state index in [4.69, 9.17) is 5.11 Å². The summed E-state index contributed by atoms with van der Waals surface area (Å²) in [4.78, 5) is 3.78. The standard InChI is InChI=1S/C7H10F3N3O2/c8-7(9,10)4-15-2-1-5-11-6(3-14)13-12-5/h14H,1-4H2,(H,11,12,13). The Kier molecular flexibility index (Phi) is 4.04. The average molecular weight is 225 g/mol. The Morgan fingerprint density at radius 2 is 2.13 bits per heavy atom. The molecule has 86 valence electrons. The van der Waals surface area contributed by atoms with Crippen LogP contribution in [0.5, 0.6) is 0 Å². The summed E-state index contributed by atoms with van der Waals surface area (Å²) in [6.07, 6.45) is -4.14. The van der Waals surface area contributed by atoms with E-state index in [0.29, 0.717) is 5.82 Å². The fraction of sp³-hybridized carbons (Fsp3) is 0.714.